The smallest absolute Gasteiger partial charge is 0.315 e. The van der Waals surface area contributed by atoms with E-state index in [0.717, 1.165) is 25.7 Å². The number of aromatic nitrogens is 1. The molecule has 2 unspecified atom stereocenters. The van der Waals surface area contributed by atoms with Gasteiger partial charge in [0.05, 0.1) is 18.3 Å². The Balaban J connectivity index is 1.78. The minimum absolute atomic E-state index is 0.0395. The molecular formula is C15H22FN3O2. The van der Waals surface area contributed by atoms with Gasteiger partial charge in [-0.15, -0.1) is 0 Å². The summed E-state index contributed by atoms with van der Waals surface area (Å²) in [6.07, 6.45) is 4.86. The Kier molecular flexibility index (Phi) is 5.12. The van der Waals surface area contributed by atoms with Gasteiger partial charge >= 0.3 is 6.03 Å². The maximum atomic E-state index is 13.4. The number of rotatable bonds is 4. The van der Waals surface area contributed by atoms with Gasteiger partial charge in [0.2, 0.25) is 0 Å². The number of aliphatic hydroxyl groups excluding tert-OH is 1. The summed E-state index contributed by atoms with van der Waals surface area (Å²) in [5, 5.41) is 15.4. The molecule has 2 rings (SSSR count). The van der Waals surface area contributed by atoms with Gasteiger partial charge in [0, 0.05) is 18.2 Å². The minimum Gasteiger partial charge on any atom is -0.392 e. The fraction of sp³-hybridized carbons (Fsp3) is 0.600. The number of pyridine rings is 1. The molecule has 1 saturated carbocycles. The van der Waals surface area contributed by atoms with E-state index in [4.69, 9.17) is 0 Å². The molecule has 0 bridgehead atoms. The van der Waals surface area contributed by atoms with Crippen molar-refractivity contribution >= 4 is 6.03 Å². The first-order chi connectivity index (χ1) is 10.0. The maximum absolute atomic E-state index is 13.4. The van der Waals surface area contributed by atoms with Crippen molar-refractivity contribution in [2.75, 3.05) is 6.54 Å². The van der Waals surface area contributed by atoms with Gasteiger partial charge in [0.1, 0.15) is 5.82 Å². The molecule has 1 aliphatic carbocycles. The normalized spacial score (nSPS) is 25.4. The van der Waals surface area contributed by atoms with Gasteiger partial charge in [0.15, 0.2) is 0 Å². The first-order valence-corrected chi connectivity index (χ1v) is 7.30. The highest BCUT2D eigenvalue weighted by Gasteiger charge is 2.35. The van der Waals surface area contributed by atoms with Crippen molar-refractivity contribution in [1.82, 2.24) is 15.6 Å². The van der Waals surface area contributed by atoms with Crippen LogP contribution in [0, 0.1) is 11.2 Å². The highest BCUT2D eigenvalue weighted by atomic mass is 19.1. The molecular weight excluding hydrogens is 273 g/mol. The van der Waals surface area contributed by atoms with Gasteiger partial charge in [-0.1, -0.05) is 19.8 Å². The Labute approximate surface area is 124 Å². The monoisotopic (exact) mass is 295 g/mol. The van der Waals surface area contributed by atoms with Crippen molar-refractivity contribution in [3.05, 3.63) is 29.8 Å². The zero-order chi connectivity index (χ0) is 15.3. The van der Waals surface area contributed by atoms with Gasteiger partial charge in [-0.25, -0.2) is 9.18 Å². The summed E-state index contributed by atoms with van der Waals surface area (Å²) in [4.78, 5) is 15.6. The Hall–Kier alpha value is -1.69. The number of hydrogen-bond donors (Lipinski definition) is 3. The van der Waals surface area contributed by atoms with E-state index in [2.05, 4.69) is 15.6 Å². The quantitative estimate of drug-likeness (QED) is 0.795. The van der Waals surface area contributed by atoms with Crippen molar-refractivity contribution in [3.63, 3.8) is 0 Å². The number of hydrogen-bond acceptors (Lipinski definition) is 3. The van der Waals surface area contributed by atoms with E-state index in [0.29, 0.717) is 6.54 Å². The van der Waals surface area contributed by atoms with Gasteiger partial charge in [-0.05, 0) is 25.0 Å². The number of halogens is 1. The van der Waals surface area contributed by atoms with E-state index in [1.165, 1.54) is 18.3 Å². The van der Waals surface area contributed by atoms with Crippen molar-refractivity contribution in [3.8, 4) is 0 Å². The molecule has 1 aromatic rings. The summed E-state index contributed by atoms with van der Waals surface area (Å²) < 4.78 is 13.4. The van der Waals surface area contributed by atoms with Crippen LogP contribution in [0.25, 0.3) is 0 Å². The van der Waals surface area contributed by atoms with E-state index in [1.54, 1.807) is 0 Å². The average molecular weight is 295 g/mol. The SMILES string of the molecule is CC1(CNC(=O)NCc2ncccc2F)CCCCC1O. The van der Waals surface area contributed by atoms with E-state index in [-0.39, 0.29) is 29.8 Å². The molecule has 0 aliphatic heterocycles. The number of nitrogens with zero attached hydrogens (tertiary/aromatic N) is 1. The summed E-state index contributed by atoms with van der Waals surface area (Å²) in [7, 11) is 0. The predicted octanol–water partition coefficient (Wildman–Crippen LogP) is 1.96. The molecule has 1 heterocycles. The molecule has 1 aromatic heterocycles. The summed E-state index contributed by atoms with van der Waals surface area (Å²) in [5.74, 6) is -0.438. The number of urea groups is 1. The van der Waals surface area contributed by atoms with Crippen LogP contribution in [-0.4, -0.2) is 28.8 Å². The Morgan fingerprint density at radius 1 is 1.52 bits per heavy atom. The van der Waals surface area contributed by atoms with Crippen molar-refractivity contribution in [1.29, 1.82) is 0 Å². The van der Waals surface area contributed by atoms with Crippen LogP contribution in [-0.2, 0) is 6.54 Å². The Morgan fingerprint density at radius 2 is 2.33 bits per heavy atom. The second-order valence-corrected chi connectivity index (χ2v) is 5.88. The second-order valence-electron chi connectivity index (χ2n) is 5.88. The van der Waals surface area contributed by atoms with Gasteiger partial charge in [-0.3, -0.25) is 4.98 Å². The molecule has 21 heavy (non-hydrogen) atoms. The lowest BCUT2D eigenvalue weighted by atomic mass is 9.73. The molecule has 5 nitrogen and oxygen atoms in total. The third-order valence-electron chi connectivity index (χ3n) is 4.18. The zero-order valence-electron chi connectivity index (χ0n) is 12.2. The van der Waals surface area contributed by atoms with E-state index < -0.39 is 5.82 Å². The van der Waals surface area contributed by atoms with Crippen LogP contribution in [0.2, 0.25) is 0 Å². The highest BCUT2D eigenvalue weighted by molar-refractivity contribution is 5.73. The van der Waals surface area contributed by atoms with E-state index >= 15 is 0 Å². The minimum atomic E-state index is -0.438. The third-order valence-corrected chi connectivity index (χ3v) is 4.18. The first kappa shape index (κ1) is 15.7. The third kappa shape index (κ3) is 4.14. The molecule has 2 amide bonds. The van der Waals surface area contributed by atoms with Gasteiger partial charge in [0.25, 0.3) is 0 Å². The van der Waals surface area contributed by atoms with Crippen LogP contribution in [0.3, 0.4) is 0 Å². The molecule has 0 aromatic carbocycles. The molecule has 2 atom stereocenters. The van der Waals surface area contributed by atoms with Crippen LogP contribution in [0.1, 0.15) is 38.3 Å². The Morgan fingerprint density at radius 3 is 3.05 bits per heavy atom. The van der Waals surface area contributed by atoms with Crippen molar-refractivity contribution in [2.24, 2.45) is 5.41 Å². The number of nitrogens with one attached hydrogen (secondary N) is 2. The molecule has 0 radical (unpaired) electrons. The first-order valence-electron chi connectivity index (χ1n) is 7.30. The van der Waals surface area contributed by atoms with Gasteiger partial charge < -0.3 is 15.7 Å². The molecule has 1 aliphatic rings. The van der Waals surface area contributed by atoms with Crippen molar-refractivity contribution < 1.29 is 14.3 Å². The van der Waals surface area contributed by atoms with Crippen LogP contribution >= 0.6 is 0 Å². The lowest BCUT2D eigenvalue weighted by Gasteiger charge is -2.38. The molecule has 1 fully saturated rings. The average Bonchev–Trinajstić information content (AvgIpc) is 2.48. The van der Waals surface area contributed by atoms with Crippen molar-refractivity contribution in [2.45, 2.75) is 45.3 Å². The van der Waals surface area contributed by atoms with E-state index in [9.17, 15) is 14.3 Å². The fourth-order valence-electron chi connectivity index (χ4n) is 2.64. The number of amides is 2. The lowest BCUT2D eigenvalue weighted by Crippen LogP contribution is -2.47. The largest absolute Gasteiger partial charge is 0.392 e. The molecule has 0 saturated heterocycles. The number of carbonyl (C=O) groups is 1. The summed E-state index contributed by atoms with van der Waals surface area (Å²) in [6, 6.07) is 2.44. The molecule has 3 N–H and O–H groups in total. The highest BCUT2D eigenvalue weighted by Crippen LogP contribution is 2.35. The molecule has 0 spiro atoms. The fourth-order valence-corrected chi connectivity index (χ4v) is 2.64. The van der Waals surface area contributed by atoms with Crippen LogP contribution in [0.15, 0.2) is 18.3 Å². The Bertz CT molecular complexity index is 498. The molecule has 6 heteroatoms. The molecule has 116 valence electrons. The van der Waals surface area contributed by atoms with Gasteiger partial charge in [-0.2, -0.15) is 0 Å². The van der Waals surface area contributed by atoms with Crippen LogP contribution < -0.4 is 10.6 Å². The standard InChI is InChI=1S/C15H22FN3O2/c1-15(7-3-2-6-13(15)20)10-19-14(21)18-9-12-11(16)5-4-8-17-12/h4-5,8,13,20H,2-3,6-7,9-10H2,1H3,(H2,18,19,21). The summed E-state index contributed by atoms with van der Waals surface area (Å²) in [6.45, 7) is 2.43. The van der Waals surface area contributed by atoms with E-state index in [1.807, 2.05) is 6.92 Å². The second kappa shape index (κ2) is 6.85. The summed E-state index contributed by atoms with van der Waals surface area (Å²) >= 11 is 0. The summed E-state index contributed by atoms with van der Waals surface area (Å²) in [5.41, 5.74) is -0.0807. The van der Waals surface area contributed by atoms with Crippen LogP contribution in [0.4, 0.5) is 9.18 Å². The topological polar surface area (TPSA) is 74.2 Å². The predicted molar refractivity (Wildman–Crippen MR) is 77.0 cm³/mol. The zero-order valence-corrected chi connectivity index (χ0v) is 12.2. The van der Waals surface area contributed by atoms with Crippen LogP contribution in [0.5, 0.6) is 0 Å². The number of aliphatic hydroxyl groups is 1. The lowest BCUT2D eigenvalue weighted by molar-refractivity contribution is 0.00308. The maximum Gasteiger partial charge on any atom is 0.315 e. The number of carbonyl (C=O) groups excluding carboxylic acids is 1.